The van der Waals surface area contributed by atoms with E-state index in [0.717, 1.165) is 28.9 Å². The molecule has 0 aliphatic carbocycles. The van der Waals surface area contributed by atoms with Crippen molar-refractivity contribution in [3.8, 4) is 11.8 Å². The van der Waals surface area contributed by atoms with E-state index < -0.39 is 0 Å². The monoisotopic (exact) mass is 489 g/mol. The molecule has 0 aromatic heterocycles. The van der Waals surface area contributed by atoms with E-state index in [-0.39, 0.29) is 35.5 Å². The zero-order valence-corrected chi connectivity index (χ0v) is 22.2. The summed E-state index contributed by atoms with van der Waals surface area (Å²) >= 11 is 0. The molecular formula is C30H39N3O3. The van der Waals surface area contributed by atoms with Crippen LogP contribution in [0.3, 0.4) is 0 Å². The van der Waals surface area contributed by atoms with Gasteiger partial charge in [0.2, 0.25) is 11.8 Å². The van der Waals surface area contributed by atoms with Crippen LogP contribution in [0.15, 0.2) is 48.5 Å². The summed E-state index contributed by atoms with van der Waals surface area (Å²) in [5.74, 6) is 6.20. The van der Waals surface area contributed by atoms with Crippen LogP contribution in [-0.4, -0.2) is 45.2 Å². The lowest BCUT2D eigenvalue weighted by molar-refractivity contribution is -0.125. The van der Waals surface area contributed by atoms with Gasteiger partial charge < -0.3 is 20.3 Å². The lowest BCUT2D eigenvalue weighted by atomic mass is 9.93. The van der Waals surface area contributed by atoms with Crippen molar-refractivity contribution in [1.82, 2.24) is 10.6 Å². The quantitative estimate of drug-likeness (QED) is 0.466. The molecule has 2 aromatic carbocycles. The average Bonchev–Trinajstić information content (AvgIpc) is 2.82. The second-order valence-corrected chi connectivity index (χ2v) is 11.0. The topological polar surface area (TPSA) is 70.7 Å². The molecule has 0 atom stereocenters. The molecule has 6 heteroatoms. The van der Waals surface area contributed by atoms with Gasteiger partial charge in [0.05, 0.1) is 25.4 Å². The van der Waals surface area contributed by atoms with Gasteiger partial charge in [-0.1, -0.05) is 69.9 Å². The largest absolute Gasteiger partial charge is 0.380 e. The van der Waals surface area contributed by atoms with E-state index in [1.165, 1.54) is 0 Å². The van der Waals surface area contributed by atoms with Gasteiger partial charge in [-0.15, -0.1) is 0 Å². The third-order valence-corrected chi connectivity index (χ3v) is 6.14. The molecule has 0 radical (unpaired) electrons. The average molecular weight is 490 g/mol. The SMILES string of the molecule is CNCC(C)(C)COCC(C)(C)CNC(=O)CCC(=O)N1Cc2ccccc2C#Cc2ccccc21. The number of nitrogens with one attached hydrogen (secondary N) is 2. The Hall–Kier alpha value is -3.14. The normalized spacial score (nSPS) is 13.0. The number of ether oxygens (including phenoxy) is 1. The molecular weight excluding hydrogens is 450 g/mol. The zero-order valence-electron chi connectivity index (χ0n) is 22.2. The fraction of sp³-hybridized carbons (Fsp3) is 0.467. The van der Waals surface area contributed by atoms with E-state index in [9.17, 15) is 9.59 Å². The standard InChI is InChI=1S/C30H39N3O3/c1-29(2,19-31-5)21-36-22-30(3,4)20-32-27(34)16-17-28(35)33-18-25-12-7-6-10-23(25)14-15-24-11-8-9-13-26(24)33/h6-13,31H,16-22H2,1-5H3,(H,32,34). The molecule has 0 saturated heterocycles. The van der Waals surface area contributed by atoms with Crippen LogP contribution in [0.25, 0.3) is 0 Å². The van der Waals surface area contributed by atoms with Crippen LogP contribution in [0.2, 0.25) is 0 Å². The van der Waals surface area contributed by atoms with Crippen LogP contribution in [0, 0.1) is 22.7 Å². The van der Waals surface area contributed by atoms with Crippen molar-refractivity contribution in [3.63, 3.8) is 0 Å². The summed E-state index contributed by atoms with van der Waals surface area (Å²) in [6.45, 7) is 11.4. The Kier molecular flexibility index (Phi) is 9.31. The van der Waals surface area contributed by atoms with E-state index in [1.54, 1.807) is 4.90 Å². The second-order valence-electron chi connectivity index (χ2n) is 11.0. The highest BCUT2D eigenvalue weighted by Gasteiger charge is 2.24. The van der Waals surface area contributed by atoms with Crippen LogP contribution >= 0.6 is 0 Å². The van der Waals surface area contributed by atoms with Crippen molar-refractivity contribution in [2.45, 2.75) is 47.1 Å². The molecule has 3 rings (SSSR count). The molecule has 0 spiro atoms. The van der Waals surface area contributed by atoms with Crippen LogP contribution in [0.5, 0.6) is 0 Å². The number of fused-ring (bicyclic) bond motifs is 2. The molecule has 6 nitrogen and oxygen atoms in total. The molecule has 1 aliphatic rings. The number of anilines is 1. The number of amides is 2. The first kappa shape index (κ1) is 27.4. The summed E-state index contributed by atoms with van der Waals surface area (Å²) in [5, 5.41) is 6.17. The molecule has 1 heterocycles. The zero-order chi connectivity index (χ0) is 26.2. The van der Waals surface area contributed by atoms with Gasteiger partial charge in [0.25, 0.3) is 0 Å². The minimum absolute atomic E-state index is 0.0471. The molecule has 2 aromatic rings. The Balaban J connectivity index is 1.55. The van der Waals surface area contributed by atoms with E-state index in [1.807, 2.05) is 55.6 Å². The number of para-hydroxylation sites is 1. The summed E-state index contributed by atoms with van der Waals surface area (Å²) in [5.41, 5.74) is 3.35. The molecule has 0 fully saturated rings. The van der Waals surface area contributed by atoms with Crippen molar-refractivity contribution in [3.05, 3.63) is 65.2 Å². The van der Waals surface area contributed by atoms with Crippen molar-refractivity contribution in [1.29, 1.82) is 0 Å². The Labute approximate surface area is 215 Å². The highest BCUT2D eigenvalue weighted by atomic mass is 16.5. The van der Waals surface area contributed by atoms with Crippen LogP contribution < -0.4 is 15.5 Å². The second kappa shape index (κ2) is 12.2. The van der Waals surface area contributed by atoms with E-state index in [2.05, 4.69) is 50.2 Å². The van der Waals surface area contributed by atoms with Crippen LogP contribution in [-0.2, 0) is 20.9 Å². The number of carbonyl (C=O) groups excluding carboxylic acids is 2. The molecule has 0 unspecified atom stereocenters. The Morgan fingerprint density at radius 2 is 1.50 bits per heavy atom. The first-order valence-electron chi connectivity index (χ1n) is 12.6. The number of hydrogen-bond acceptors (Lipinski definition) is 4. The highest BCUT2D eigenvalue weighted by molar-refractivity contribution is 5.96. The maximum atomic E-state index is 13.3. The number of benzene rings is 2. The fourth-order valence-corrected chi connectivity index (χ4v) is 4.17. The van der Waals surface area contributed by atoms with Gasteiger partial charge in [-0.3, -0.25) is 9.59 Å². The van der Waals surface area contributed by atoms with Gasteiger partial charge in [0.1, 0.15) is 0 Å². The summed E-state index contributed by atoms with van der Waals surface area (Å²) < 4.78 is 5.95. The minimum Gasteiger partial charge on any atom is -0.380 e. The minimum atomic E-state index is -0.209. The third-order valence-electron chi connectivity index (χ3n) is 6.14. The fourth-order valence-electron chi connectivity index (χ4n) is 4.17. The Morgan fingerprint density at radius 1 is 0.889 bits per heavy atom. The molecule has 2 amide bonds. The van der Waals surface area contributed by atoms with Gasteiger partial charge in [0, 0.05) is 47.9 Å². The summed E-state index contributed by atoms with van der Waals surface area (Å²) in [7, 11) is 1.94. The first-order valence-corrected chi connectivity index (χ1v) is 12.6. The lowest BCUT2D eigenvalue weighted by Crippen LogP contribution is -2.39. The third kappa shape index (κ3) is 7.94. The molecule has 2 N–H and O–H groups in total. The van der Waals surface area contributed by atoms with Crippen molar-refractivity contribution < 1.29 is 14.3 Å². The summed E-state index contributed by atoms with van der Waals surface area (Å²) in [6, 6.07) is 15.5. The number of nitrogens with zero attached hydrogens (tertiary/aromatic N) is 1. The number of carbonyl (C=O) groups is 2. The maximum Gasteiger partial charge on any atom is 0.227 e. The van der Waals surface area contributed by atoms with Crippen LogP contribution in [0.4, 0.5) is 5.69 Å². The summed E-state index contributed by atoms with van der Waals surface area (Å²) in [6.07, 6.45) is 0.266. The number of hydrogen-bond donors (Lipinski definition) is 2. The molecule has 192 valence electrons. The first-order chi connectivity index (χ1) is 17.1. The predicted octanol–water partition coefficient (Wildman–Crippen LogP) is 4.12. The predicted molar refractivity (Wildman–Crippen MR) is 145 cm³/mol. The van der Waals surface area contributed by atoms with E-state index >= 15 is 0 Å². The molecule has 1 aliphatic heterocycles. The molecule has 0 bridgehead atoms. The van der Waals surface area contributed by atoms with Gasteiger partial charge >= 0.3 is 0 Å². The maximum absolute atomic E-state index is 13.3. The lowest BCUT2D eigenvalue weighted by Gasteiger charge is -2.29. The van der Waals surface area contributed by atoms with E-state index in [0.29, 0.717) is 26.3 Å². The molecule has 0 saturated carbocycles. The molecule has 36 heavy (non-hydrogen) atoms. The Morgan fingerprint density at radius 3 is 2.22 bits per heavy atom. The van der Waals surface area contributed by atoms with Crippen LogP contribution in [0.1, 0.15) is 57.2 Å². The van der Waals surface area contributed by atoms with E-state index in [4.69, 9.17) is 4.74 Å². The van der Waals surface area contributed by atoms with Gasteiger partial charge in [-0.05, 0) is 30.8 Å². The van der Waals surface area contributed by atoms with Crippen molar-refractivity contribution in [2.75, 3.05) is 38.3 Å². The van der Waals surface area contributed by atoms with Crippen molar-refractivity contribution in [2.24, 2.45) is 10.8 Å². The van der Waals surface area contributed by atoms with Crippen molar-refractivity contribution >= 4 is 17.5 Å². The highest BCUT2D eigenvalue weighted by Crippen LogP contribution is 2.26. The van der Waals surface area contributed by atoms with Gasteiger partial charge in [0.15, 0.2) is 0 Å². The Bertz CT molecular complexity index is 1130. The van der Waals surface area contributed by atoms with Gasteiger partial charge in [-0.2, -0.15) is 0 Å². The van der Waals surface area contributed by atoms with Gasteiger partial charge in [-0.25, -0.2) is 0 Å². The smallest absolute Gasteiger partial charge is 0.227 e. The number of rotatable bonds is 11. The summed E-state index contributed by atoms with van der Waals surface area (Å²) in [4.78, 5) is 27.7.